The van der Waals surface area contributed by atoms with E-state index in [1.54, 1.807) is 6.92 Å². The molecule has 0 heterocycles. The molecule has 3 nitrogen and oxygen atoms in total. The van der Waals surface area contributed by atoms with Crippen molar-refractivity contribution in [1.82, 2.24) is 5.43 Å². The van der Waals surface area contributed by atoms with Crippen molar-refractivity contribution in [1.29, 1.82) is 0 Å². The molecule has 1 atom stereocenters. The molecule has 0 spiro atoms. The third-order valence-corrected chi connectivity index (χ3v) is 0.413. The van der Waals surface area contributed by atoms with Crippen molar-refractivity contribution in [3.8, 4) is 0 Å². The SMILES string of the molecule is C[C@@H](O)CNN. The molecule has 0 aliphatic heterocycles. The van der Waals surface area contributed by atoms with Crippen LogP contribution < -0.4 is 11.3 Å². The fourth-order valence-electron chi connectivity index (χ4n) is 0.171. The molecule has 0 radical (unpaired) electrons. The third kappa shape index (κ3) is 3.88. The van der Waals surface area contributed by atoms with Crippen LogP contribution in [0.1, 0.15) is 6.92 Å². The van der Waals surface area contributed by atoms with E-state index in [4.69, 9.17) is 10.9 Å². The topological polar surface area (TPSA) is 58.3 Å². The van der Waals surface area contributed by atoms with E-state index in [2.05, 4.69) is 5.43 Å². The van der Waals surface area contributed by atoms with E-state index < -0.39 is 0 Å². The summed E-state index contributed by atoms with van der Waals surface area (Å²) >= 11 is 0. The van der Waals surface area contributed by atoms with Crippen LogP contribution in [0.3, 0.4) is 0 Å². The van der Waals surface area contributed by atoms with Crippen LogP contribution in [0.15, 0.2) is 0 Å². The Kier molecular flexibility index (Phi) is 3.02. The van der Waals surface area contributed by atoms with Crippen LogP contribution in [-0.4, -0.2) is 17.8 Å². The van der Waals surface area contributed by atoms with Gasteiger partial charge in [0, 0.05) is 6.54 Å². The Morgan fingerprint density at radius 2 is 2.50 bits per heavy atom. The van der Waals surface area contributed by atoms with Crippen LogP contribution >= 0.6 is 0 Å². The second-order valence-electron chi connectivity index (χ2n) is 1.26. The van der Waals surface area contributed by atoms with Crippen molar-refractivity contribution in [2.24, 2.45) is 5.84 Å². The number of aliphatic hydroxyl groups is 1. The van der Waals surface area contributed by atoms with Crippen LogP contribution in [0.4, 0.5) is 0 Å². The molecule has 0 saturated carbocycles. The Morgan fingerprint density at radius 3 is 2.50 bits per heavy atom. The van der Waals surface area contributed by atoms with Gasteiger partial charge in [-0.2, -0.15) is 0 Å². The Bertz CT molecular complexity index is 30.0. The Morgan fingerprint density at radius 1 is 2.00 bits per heavy atom. The van der Waals surface area contributed by atoms with Gasteiger partial charge < -0.3 is 5.11 Å². The molecule has 4 N–H and O–H groups in total. The fraction of sp³-hybridized carbons (Fsp3) is 1.00. The van der Waals surface area contributed by atoms with E-state index in [0.717, 1.165) is 0 Å². The molecule has 3 heteroatoms. The van der Waals surface area contributed by atoms with Crippen molar-refractivity contribution in [2.75, 3.05) is 6.54 Å². The lowest BCUT2D eigenvalue weighted by molar-refractivity contribution is 0.192. The highest BCUT2D eigenvalue weighted by atomic mass is 16.3. The van der Waals surface area contributed by atoms with Gasteiger partial charge in [-0.3, -0.25) is 11.3 Å². The molecule has 0 saturated heterocycles. The van der Waals surface area contributed by atoms with Gasteiger partial charge in [-0.05, 0) is 6.92 Å². The Balaban J connectivity index is 2.63. The molecule has 0 unspecified atom stereocenters. The maximum atomic E-state index is 8.41. The lowest BCUT2D eigenvalue weighted by Crippen LogP contribution is -2.29. The zero-order chi connectivity index (χ0) is 4.99. The number of nitrogens with two attached hydrogens (primary N) is 1. The van der Waals surface area contributed by atoms with Gasteiger partial charge in [-0.1, -0.05) is 0 Å². The summed E-state index contributed by atoms with van der Waals surface area (Å²) in [6, 6.07) is 0. The lowest BCUT2D eigenvalue weighted by Gasteiger charge is -1.97. The monoisotopic (exact) mass is 90.1 g/mol. The summed E-state index contributed by atoms with van der Waals surface area (Å²) in [4.78, 5) is 0. The maximum Gasteiger partial charge on any atom is 0.0650 e. The second kappa shape index (κ2) is 3.08. The van der Waals surface area contributed by atoms with Gasteiger partial charge in [-0.15, -0.1) is 0 Å². The molecule has 0 aromatic heterocycles. The largest absolute Gasteiger partial charge is 0.392 e. The molecule has 0 aliphatic rings. The van der Waals surface area contributed by atoms with Gasteiger partial charge in [0.1, 0.15) is 0 Å². The smallest absolute Gasteiger partial charge is 0.0650 e. The normalized spacial score (nSPS) is 14.5. The third-order valence-electron chi connectivity index (χ3n) is 0.413. The molecule has 6 heavy (non-hydrogen) atoms. The fourth-order valence-corrected chi connectivity index (χ4v) is 0.171. The predicted molar refractivity (Wildman–Crippen MR) is 23.9 cm³/mol. The van der Waals surface area contributed by atoms with Crippen LogP contribution in [0.5, 0.6) is 0 Å². The molecule has 0 aromatic rings. The van der Waals surface area contributed by atoms with Crippen molar-refractivity contribution in [3.63, 3.8) is 0 Å². The van der Waals surface area contributed by atoms with Crippen molar-refractivity contribution < 1.29 is 5.11 Å². The highest BCUT2D eigenvalue weighted by molar-refractivity contribution is 4.43. The number of hydrogen-bond donors (Lipinski definition) is 3. The van der Waals surface area contributed by atoms with E-state index in [9.17, 15) is 0 Å². The molecule has 0 bridgehead atoms. The number of hydrazine groups is 1. The quantitative estimate of drug-likeness (QED) is 0.296. The average Bonchev–Trinajstić information content (AvgIpc) is 1.35. The van der Waals surface area contributed by atoms with Gasteiger partial charge in [0.2, 0.25) is 0 Å². The number of aliphatic hydroxyl groups excluding tert-OH is 1. The maximum absolute atomic E-state index is 8.41. The van der Waals surface area contributed by atoms with Gasteiger partial charge in [0.05, 0.1) is 6.10 Å². The van der Waals surface area contributed by atoms with E-state index in [-0.39, 0.29) is 6.10 Å². The van der Waals surface area contributed by atoms with Crippen molar-refractivity contribution in [3.05, 3.63) is 0 Å². The number of nitrogens with one attached hydrogen (secondary N) is 1. The summed E-state index contributed by atoms with van der Waals surface area (Å²) in [5.74, 6) is 4.82. The minimum atomic E-state index is -0.338. The molecule has 0 amide bonds. The van der Waals surface area contributed by atoms with Crippen LogP contribution in [0.2, 0.25) is 0 Å². The molecule has 0 aliphatic carbocycles. The number of rotatable bonds is 2. The predicted octanol–water partition coefficient (Wildman–Crippen LogP) is -1.17. The van der Waals surface area contributed by atoms with Gasteiger partial charge in [0.15, 0.2) is 0 Å². The van der Waals surface area contributed by atoms with E-state index in [1.807, 2.05) is 0 Å². The highest BCUT2D eigenvalue weighted by Gasteiger charge is 1.86. The van der Waals surface area contributed by atoms with Gasteiger partial charge >= 0.3 is 0 Å². The molecule has 0 aromatic carbocycles. The van der Waals surface area contributed by atoms with Crippen molar-refractivity contribution >= 4 is 0 Å². The first-order valence-corrected chi connectivity index (χ1v) is 1.89. The zero-order valence-electron chi connectivity index (χ0n) is 3.81. The summed E-state index contributed by atoms with van der Waals surface area (Å²) in [5, 5.41) is 8.41. The van der Waals surface area contributed by atoms with Crippen LogP contribution in [-0.2, 0) is 0 Å². The summed E-state index contributed by atoms with van der Waals surface area (Å²) in [6.45, 7) is 2.12. The van der Waals surface area contributed by atoms with E-state index in [0.29, 0.717) is 6.54 Å². The average molecular weight is 90.1 g/mol. The van der Waals surface area contributed by atoms with E-state index >= 15 is 0 Å². The molecule has 0 rings (SSSR count). The summed E-state index contributed by atoms with van der Waals surface area (Å²) < 4.78 is 0. The van der Waals surface area contributed by atoms with Crippen LogP contribution in [0.25, 0.3) is 0 Å². The molecular weight excluding hydrogens is 80.0 g/mol. The lowest BCUT2D eigenvalue weighted by atomic mass is 10.4. The van der Waals surface area contributed by atoms with E-state index in [1.165, 1.54) is 0 Å². The Hall–Kier alpha value is -0.120. The summed E-state index contributed by atoms with van der Waals surface area (Å²) in [6.07, 6.45) is -0.338. The van der Waals surface area contributed by atoms with Gasteiger partial charge in [0.25, 0.3) is 0 Å². The molecular formula is C3H10N2O. The molecule has 38 valence electrons. The highest BCUT2D eigenvalue weighted by Crippen LogP contribution is 1.68. The van der Waals surface area contributed by atoms with Crippen LogP contribution in [0, 0.1) is 0 Å². The minimum Gasteiger partial charge on any atom is -0.392 e. The summed E-state index contributed by atoms with van der Waals surface area (Å²) in [7, 11) is 0. The van der Waals surface area contributed by atoms with Gasteiger partial charge in [-0.25, -0.2) is 0 Å². The first-order chi connectivity index (χ1) is 2.77. The first-order valence-electron chi connectivity index (χ1n) is 1.89. The first kappa shape index (κ1) is 5.88. The standard InChI is InChI=1S/C3H10N2O/c1-3(6)2-5-4/h3,5-6H,2,4H2,1H3/t3-/m1/s1. The zero-order valence-corrected chi connectivity index (χ0v) is 3.81. The Labute approximate surface area is 37.1 Å². The minimum absolute atomic E-state index is 0.338. The molecule has 0 fully saturated rings. The number of hydrogen-bond acceptors (Lipinski definition) is 3. The summed E-state index contributed by atoms with van der Waals surface area (Å²) in [5.41, 5.74) is 2.32. The van der Waals surface area contributed by atoms with Crippen molar-refractivity contribution in [2.45, 2.75) is 13.0 Å². The second-order valence-corrected chi connectivity index (χ2v) is 1.26.